The van der Waals surface area contributed by atoms with Crippen molar-refractivity contribution >= 4 is 5.91 Å². The predicted octanol–water partition coefficient (Wildman–Crippen LogP) is 17.3. The molecular formula is C81H143NO13. The average molecular weight is 1340 g/mol. The Balaban J connectivity index is 1.64. The molecule has 9 N–H and O–H groups in total. The van der Waals surface area contributed by atoms with Crippen LogP contribution in [0.3, 0.4) is 0 Å². The minimum absolute atomic E-state index is 0.240. The summed E-state index contributed by atoms with van der Waals surface area (Å²) in [7, 11) is 0. The number of rotatable bonds is 64. The van der Waals surface area contributed by atoms with Crippen LogP contribution in [0.4, 0.5) is 0 Å². The molecule has 2 rings (SSSR count). The molecule has 14 nitrogen and oxygen atoms in total. The van der Waals surface area contributed by atoms with E-state index in [2.05, 4.69) is 104 Å². The number of carbonyl (C=O) groups excluding carboxylic acids is 1. The number of amides is 1. The molecule has 2 saturated heterocycles. The monoisotopic (exact) mass is 1340 g/mol. The summed E-state index contributed by atoms with van der Waals surface area (Å²) < 4.78 is 22.9. The van der Waals surface area contributed by atoms with Gasteiger partial charge >= 0.3 is 0 Å². The zero-order valence-electron chi connectivity index (χ0n) is 60.1. The van der Waals surface area contributed by atoms with Crippen LogP contribution in [0, 0.1) is 0 Å². The van der Waals surface area contributed by atoms with E-state index in [4.69, 9.17) is 18.9 Å². The lowest BCUT2D eigenvalue weighted by Crippen LogP contribution is -2.65. The first-order chi connectivity index (χ1) is 46.6. The van der Waals surface area contributed by atoms with Gasteiger partial charge in [-0.05, 0) is 77.0 Å². The summed E-state index contributed by atoms with van der Waals surface area (Å²) in [6.45, 7) is 2.72. The lowest BCUT2D eigenvalue weighted by molar-refractivity contribution is -0.359. The Hall–Kier alpha value is -3.09. The zero-order chi connectivity index (χ0) is 68.7. The number of nitrogens with one attached hydrogen (secondary N) is 1. The molecule has 0 aliphatic carbocycles. The summed E-state index contributed by atoms with van der Waals surface area (Å²) in [5, 5.41) is 87.7. The maximum Gasteiger partial charge on any atom is 0.220 e. The van der Waals surface area contributed by atoms with Gasteiger partial charge in [-0.2, -0.15) is 0 Å². The maximum absolute atomic E-state index is 13.4. The molecule has 0 radical (unpaired) electrons. The van der Waals surface area contributed by atoms with Crippen molar-refractivity contribution in [2.75, 3.05) is 19.8 Å². The van der Waals surface area contributed by atoms with Crippen molar-refractivity contribution in [3.8, 4) is 0 Å². The van der Waals surface area contributed by atoms with E-state index < -0.39 is 86.8 Å². The molecule has 2 heterocycles. The molecule has 550 valence electrons. The van der Waals surface area contributed by atoms with E-state index in [0.29, 0.717) is 6.42 Å². The molecule has 0 spiro atoms. The van der Waals surface area contributed by atoms with Gasteiger partial charge in [0.05, 0.1) is 32.0 Å². The third kappa shape index (κ3) is 47.6. The molecule has 95 heavy (non-hydrogen) atoms. The zero-order valence-corrected chi connectivity index (χ0v) is 60.1. The number of unbranched alkanes of at least 4 members (excludes halogenated alkanes) is 37. The van der Waals surface area contributed by atoms with E-state index in [0.717, 1.165) is 89.9 Å². The van der Waals surface area contributed by atoms with Crippen molar-refractivity contribution in [1.82, 2.24) is 5.32 Å². The fraction of sp³-hybridized carbons (Fsp3) is 0.790. The predicted molar refractivity (Wildman–Crippen MR) is 392 cm³/mol. The van der Waals surface area contributed by atoms with Crippen LogP contribution in [-0.4, -0.2) is 140 Å². The Labute approximate surface area is 579 Å². The smallest absolute Gasteiger partial charge is 0.220 e. The maximum atomic E-state index is 13.4. The van der Waals surface area contributed by atoms with Crippen LogP contribution in [0.25, 0.3) is 0 Å². The number of ether oxygens (including phenoxy) is 4. The number of carbonyl (C=O) groups is 1. The highest BCUT2D eigenvalue weighted by Crippen LogP contribution is 2.30. The number of hydrogen-bond acceptors (Lipinski definition) is 13. The number of allylic oxidation sites excluding steroid dienone is 15. The molecule has 0 aromatic heterocycles. The molecule has 2 aliphatic heterocycles. The van der Waals surface area contributed by atoms with Gasteiger partial charge in [-0.15, -0.1) is 0 Å². The van der Waals surface area contributed by atoms with Crippen LogP contribution in [0.2, 0.25) is 0 Å². The fourth-order valence-corrected chi connectivity index (χ4v) is 12.4. The Morgan fingerprint density at radius 3 is 1.12 bits per heavy atom. The normalized spacial score (nSPS) is 22.9. The van der Waals surface area contributed by atoms with Crippen molar-refractivity contribution < 1.29 is 64.6 Å². The van der Waals surface area contributed by atoms with E-state index in [1.54, 1.807) is 6.08 Å². The van der Waals surface area contributed by atoms with Crippen molar-refractivity contribution in [3.05, 3.63) is 97.2 Å². The number of aliphatic hydroxyl groups excluding tert-OH is 8. The Morgan fingerprint density at radius 1 is 0.389 bits per heavy atom. The SMILES string of the molecule is CC/C=C\C/C=C\C/C=C\C/C=C\C/C=C\C/C=C\C/C=C\CCCCCCCCCCCCCCCC(=O)NC(COC1OC(CO)C(OC2OC(CO)C(O)C(O)C2O)C(O)C1O)C(O)/C=C/CCCCCCCCCCCCCCCCCCCCCCCCCC. The van der Waals surface area contributed by atoms with Crippen LogP contribution in [-0.2, 0) is 23.7 Å². The lowest BCUT2D eigenvalue weighted by atomic mass is 9.97. The largest absolute Gasteiger partial charge is 0.394 e. The van der Waals surface area contributed by atoms with E-state index in [-0.39, 0.29) is 18.9 Å². The molecule has 12 unspecified atom stereocenters. The third-order valence-electron chi connectivity index (χ3n) is 18.5. The third-order valence-corrected chi connectivity index (χ3v) is 18.5. The summed E-state index contributed by atoms with van der Waals surface area (Å²) in [6.07, 6.45) is 74.7. The van der Waals surface area contributed by atoms with Gasteiger partial charge in [-0.25, -0.2) is 0 Å². The molecule has 0 bridgehead atoms. The average Bonchev–Trinajstić information content (AvgIpc) is 0.800. The molecule has 0 saturated carbocycles. The van der Waals surface area contributed by atoms with Gasteiger partial charge in [0, 0.05) is 6.42 Å². The fourth-order valence-electron chi connectivity index (χ4n) is 12.4. The van der Waals surface area contributed by atoms with Gasteiger partial charge in [-0.3, -0.25) is 4.79 Å². The van der Waals surface area contributed by atoms with Crippen molar-refractivity contribution in [1.29, 1.82) is 0 Å². The highest BCUT2D eigenvalue weighted by molar-refractivity contribution is 5.76. The summed E-state index contributed by atoms with van der Waals surface area (Å²) in [4.78, 5) is 13.4. The van der Waals surface area contributed by atoms with Gasteiger partial charge in [-0.1, -0.05) is 329 Å². The van der Waals surface area contributed by atoms with Gasteiger partial charge in [0.2, 0.25) is 5.91 Å². The van der Waals surface area contributed by atoms with Gasteiger partial charge in [0.25, 0.3) is 0 Å². The first-order valence-corrected chi connectivity index (χ1v) is 39.0. The summed E-state index contributed by atoms with van der Waals surface area (Å²) >= 11 is 0. The molecule has 14 heteroatoms. The second-order valence-corrected chi connectivity index (χ2v) is 27.1. The van der Waals surface area contributed by atoms with Crippen molar-refractivity contribution in [2.45, 2.75) is 389 Å². The quantitative estimate of drug-likeness (QED) is 0.0204. The van der Waals surface area contributed by atoms with E-state index >= 15 is 0 Å². The van der Waals surface area contributed by atoms with Crippen LogP contribution in [0.15, 0.2) is 97.2 Å². The molecule has 0 aromatic rings. The topological polar surface area (TPSA) is 228 Å². The highest BCUT2D eigenvalue weighted by atomic mass is 16.7. The van der Waals surface area contributed by atoms with Crippen molar-refractivity contribution in [3.63, 3.8) is 0 Å². The van der Waals surface area contributed by atoms with Crippen LogP contribution >= 0.6 is 0 Å². The Bertz CT molecular complexity index is 1970. The summed E-state index contributed by atoms with van der Waals surface area (Å²) in [6, 6.07) is -0.922. The minimum atomic E-state index is -1.79. The first-order valence-electron chi connectivity index (χ1n) is 39.0. The van der Waals surface area contributed by atoms with Crippen LogP contribution < -0.4 is 5.32 Å². The van der Waals surface area contributed by atoms with E-state index in [9.17, 15) is 45.6 Å². The Morgan fingerprint density at radius 2 is 0.726 bits per heavy atom. The second-order valence-electron chi connectivity index (χ2n) is 27.1. The molecule has 2 aliphatic rings. The second kappa shape index (κ2) is 64.3. The Kier molecular flexibility index (Phi) is 59.6. The highest BCUT2D eigenvalue weighted by Gasteiger charge is 2.51. The number of aliphatic hydroxyl groups is 8. The van der Waals surface area contributed by atoms with E-state index in [1.807, 2.05) is 6.08 Å². The van der Waals surface area contributed by atoms with E-state index in [1.165, 1.54) is 199 Å². The summed E-state index contributed by atoms with van der Waals surface area (Å²) in [5.41, 5.74) is 0. The summed E-state index contributed by atoms with van der Waals surface area (Å²) in [5.74, 6) is -0.240. The van der Waals surface area contributed by atoms with Crippen LogP contribution in [0.5, 0.6) is 0 Å². The standard InChI is InChI=1S/C81H143NO13/c1-3-5-7-9-11-13-15-17-19-21-23-25-27-29-31-32-33-34-35-36-37-38-39-41-43-45-47-49-51-53-55-57-59-61-63-65-73(86)82-69(68-92-80-78(91)76(89)79(72(67-84)94-80)95-81-77(90)75(88)74(87)71(66-83)93-81)70(85)64-62-60-58-56-54-52-50-48-46-44-42-40-30-28-26-24-22-20-18-16-14-12-10-8-6-4-2/h5,7,11,13,17,19,23,25,29,31,33-34,36-37,62,64,69-72,74-81,83-85,87-91H,3-4,6,8-10,12,14-16,18,20-22,24,26-28,30,32,35,38-61,63,65-68H2,1-2H3,(H,82,86)/b7-5-,13-11-,19-17-,25-23-,31-29-,34-33-,37-36-,64-62+. The van der Waals surface area contributed by atoms with Gasteiger partial charge in [0.15, 0.2) is 12.6 Å². The van der Waals surface area contributed by atoms with Gasteiger partial charge < -0.3 is 65.1 Å². The molecule has 12 atom stereocenters. The lowest BCUT2D eigenvalue weighted by Gasteiger charge is -2.46. The molecule has 2 fully saturated rings. The molecule has 1 amide bonds. The molecule has 0 aromatic carbocycles. The first kappa shape index (κ1) is 88.0. The number of hydrogen-bond donors (Lipinski definition) is 9. The molecular weight excluding hydrogens is 1190 g/mol. The van der Waals surface area contributed by atoms with Crippen LogP contribution in [0.1, 0.15) is 316 Å². The minimum Gasteiger partial charge on any atom is -0.394 e. The van der Waals surface area contributed by atoms with Gasteiger partial charge in [0.1, 0.15) is 48.8 Å². The van der Waals surface area contributed by atoms with Crippen molar-refractivity contribution in [2.24, 2.45) is 0 Å².